The molecule has 104 valence electrons. The number of nitrogens with one attached hydrogen (secondary N) is 1. The Kier molecular flexibility index (Phi) is 4.42. The first-order chi connectivity index (χ1) is 9.61. The standard InChI is InChI=1S/C15H13F2NO2/c16-11-6-7-12(13(17)8-11)15(20)18-14(9-19)10-4-2-1-3-5-10/h1-8,14,19H,9H2,(H,18,20). The molecule has 20 heavy (non-hydrogen) atoms. The summed E-state index contributed by atoms with van der Waals surface area (Å²) in [5.74, 6) is -2.39. The van der Waals surface area contributed by atoms with Crippen LogP contribution in [0, 0.1) is 11.6 Å². The molecule has 2 aromatic rings. The molecule has 0 aliphatic rings. The van der Waals surface area contributed by atoms with Crippen LogP contribution >= 0.6 is 0 Å². The molecular formula is C15H13F2NO2. The summed E-state index contributed by atoms with van der Waals surface area (Å²) in [6, 6.07) is 10.9. The Labute approximate surface area is 114 Å². The van der Waals surface area contributed by atoms with Gasteiger partial charge in [0.2, 0.25) is 0 Å². The van der Waals surface area contributed by atoms with E-state index in [1.807, 2.05) is 0 Å². The molecule has 2 N–H and O–H groups in total. The molecule has 0 aliphatic carbocycles. The predicted octanol–water partition coefficient (Wildman–Crippen LogP) is 2.43. The van der Waals surface area contributed by atoms with Crippen LogP contribution in [-0.2, 0) is 0 Å². The molecule has 0 bridgehead atoms. The summed E-state index contributed by atoms with van der Waals surface area (Å²) in [6.07, 6.45) is 0. The highest BCUT2D eigenvalue weighted by atomic mass is 19.1. The number of halogens is 2. The van der Waals surface area contributed by atoms with E-state index in [9.17, 15) is 18.7 Å². The van der Waals surface area contributed by atoms with Gasteiger partial charge in [0.25, 0.3) is 5.91 Å². The van der Waals surface area contributed by atoms with Crippen LogP contribution in [0.15, 0.2) is 48.5 Å². The summed E-state index contributed by atoms with van der Waals surface area (Å²) in [6.45, 7) is -0.321. The van der Waals surface area contributed by atoms with E-state index < -0.39 is 23.6 Å². The zero-order chi connectivity index (χ0) is 14.5. The molecule has 0 heterocycles. The van der Waals surface area contributed by atoms with Gasteiger partial charge in [0, 0.05) is 6.07 Å². The molecule has 2 rings (SSSR count). The second-order valence-corrected chi connectivity index (χ2v) is 4.24. The first kappa shape index (κ1) is 14.1. The van der Waals surface area contributed by atoms with Gasteiger partial charge >= 0.3 is 0 Å². The third-order valence-corrected chi connectivity index (χ3v) is 2.87. The van der Waals surface area contributed by atoms with E-state index in [0.717, 1.165) is 12.1 Å². The van der Waals surface area contributed by atoms with Crippen LogP contribution < -0.4 is 5.32 Å². The molecule has 1 unspecified atom stereocenters. The predicted molar refractivity (Wildman–Crippen MR) is 70.1 cm³/mol. The first-order valence-corrected chi connectivity index (χ1v) is 6.03. The molecule has 0 radical (unpaired) electrons. The molecule has 2 aromatic carbocycles. The third-order valence-electron chi connectivity index (χ3n) is 2.87. The monoisotopic (exact) mass is 277 g/mol. The summed E-state index contributed by atoms with van der Waals surface area (Å²) >= 11 is 0. The van der Waals surface area contributed by atoms with Crippen molar-refractivity contribution in [3.8, 4) is 0 Å². The minimum absolute atomic E-state index is 0.263. The van der Waals surface area contributed by atoms with Crippen LogP contribution in [0.25, 0.3) is 0 Å². The van der Waals surface area contributed by atoms with E-state index in [1.165, 1.54) is 0 Å². The number of hydrogen-bond acceptors (Lipinski definition) is 2. The molecule has 0 spiro atoms. The van der Waals surface area contributed by atoms with Crippen molar-refractivity contribution in [3.63, 3.8) is 0 Å². The number of carbonyl (C=O) groups excluding carboxylic acids is 1. The molecule has 0 saturated carbocycles. The summed E-state index contributed by atoms with van der Waals surface area (Å²) < 4.78 is 26.3. The Balaban J connectivity index is 2.17. The van der Waals surface area contributed by atoms with Gasteiger partial charge < -0.3 is 10.4 Å². The van der Waals surface area contributed by atoms with Crippen molar-refractivity contribution in [1.82, 2.24) is 5.32 Å². The van der Waals surface area contributed by atoms with Gasteiger partial charge in [0.1, 0.15) is 11.6 Å². The van der Waals surface area contributed by atoms with E-state index in [-0.39, 0.29) is 12.2 Å². The number of carbonyl (C=O) groups is 1. The molecule has 0 fully saturated rings. The number of rotatable bonds is 4. The highest BCUT2D eigenvalue weighted by molar-refractivity contribution is 5.94. The lowest BCUT2D eigenvalue weighted by atomic mass is 10.1. The van der Waals surface area contributed by atoms with Crippen molar-refractivity contribution in [2.75, 3.05) is 6.61 Å². The van der Waals surface area contributed by atoms with Crippen LogP contribution in [0.2, 0.25) is 0 Å². The minimum atomic E-state index is -0.938. The van der Waals surface area contributed by atoms with Crippen molar-refractivity contribution in [2.45, 2.75) is 6.04 Å². The minimum Gasteiger partial charge on any atom is -0.394 e. The molecule has 3 nitrogen and oxygen atoms in total. The zero-order valence-electron chi connectivity index (χ0n) is 10.5. The Bertz CT molecular complexity index is 602. The average molecular weight is 277 g/mol. The SMILES string of the molecule is O=C(NC(CO)c1ccccc1)c1ccc(F)cc1F. The Hall–Kier alpha value is -2.27. The quantitative estimate of drug-likeness (QED) is 0.901. The van der Waals surface area contributed by atoms with Gasteiger partial charge in [-0.25, -0.2) is 8.78 Å². The van der Waals surface area contributed by atoms with Gasteiger partial charge in [-0.15, -0.1) is 0 Å². The van der Waals surface area contributed by atoms with Crippen LogP contribution in [0.5, 0.6) is 0 Å². The van der Waals surface area contributed by atoms with Gasteiger partial charge in [0.15, 0.2) is 0 Å². The van der Waals surface area contributed by atoms with Crippen molar-refractivity contribution < 1.29 is 18.7 Å². The molecule has 0 saturated heterocycles. The molecule has 1 atom stereocenters. The number of amides is 1. The van der Waals surface area contributed by atoms with E-state index >= 15 is 0 Å². The molecular weight excluding hydrogens is 264 g/mol. The van der Waals surface area contributed by atoms with Crippen molar-refractivity contribution in [1.29, 1.82) is 0 Å². The van der Waals surface area contributed by atoms with Gasteiger partial charge in [-0.1, -0.05) is 30.3 Å². The Morgan fingerprint density at radius 3 is 2.45 bits per heavy atom. The number of hydrogen-bond donors (Lipinski definition) is 2. The number of benzene rings is 2. The van der Waals surface area contributed by atoms with E-state index in [2.05, 4.69) is 5.32 Å². The highest BCUT2D eigenvalue weighted by Gasteiger charge is 2.17. The molecule has 0 aliphatic heterocycles. The number of aliphatic hydroxyl groups is 1. The van der Waals surface area contributed by atoms with E-state index in [0.29, 0.717) is 11.6 Å². The summed E-state index contributed by atoms with van der Waals surface area (Å²) in [5, 5.41) is 11.8. The van der Waals surface area contributed by atoms with Crippen LogP contribution in [0.4, 0.5) is 8.78 Å². The Morgan fingerprint density at radius 1 is 1.15 bits per heavy atom. The van der Waals surface area contributed by atoms with Gasteiger partial charge in [0.05, 0.1) is 18.2 Å². The number of aliphatic hydroxyl groups excluding tert-OH is 1. The van der Waals surface area contributed by atoms with E-state index in [1.54, 1.807) is 30.3 Å². The van der Waals surface area contributed by atoms with Gasteiger partial charge in [-0.3, -0.25) is 4.79 Å². The molecule has 0 aromatic heterocycles. The maximum absolute atomic E-state index is 13.5. The Morgan fingerprint density at radius 2 is 1.85 bits per heavy atom. The van der Waals surface area contributed by atoms with E-state index in [4.69, 9.17) is 0 Å². The largest absolute Gasteiger partial charge is 0.394 e. The normalized spacial score (nSPS) is 11.9. The lowest BCUT2D eigenvalue weighted by molar-refractivity contribution is 0.0912. The lowest BCUT2D eigenvalue weighted by Gasteiger charge is -2.17. The lowest BCUT2D eigenvalue weighted by Crippen LogP contribution is -2.31. The highest BCUT2D eigenvalue weighted by Crippen LogP contribution is 2.14. The van der Waals surface area contributed by atoms with Gasteiger partial charge in [-0.2, -0.15) is 0 Å². The van der Waals surface area contributed by atoms with Gasteiger partial charge in [-0.05, 0) is 17.7 Å². The topological polar surface area (TPSA) is 49.3 Å². The van der Waals surface area contributed by atoms with Crippen LogP contribution in [0.3, 0.4) is 0 Å². The summed E-state index contributed by atoms with van der Waals surface area (Å²) in [7, 11) is 0. The second-order valence-electron chi connectivity index (χ2n) is 4.24. The smallest absolute Gasteiger partial charge is 0.254 e. The van der Waals surface area contributed by atoms with Crippen molar-refractivity contribution >= 4 is 5.91 Å². The fraction of sp³-hybridized carbons (Fsp3) is 0.133. The maximum Gasteiger partial charge on any atom is 0.254 e. The average Bonchev–Trinajstić information content (AvgIpc) is 2.45. The van der Waals surface area contributed by atoms with Crippen molar-refractivity contribution in [3.05, 3.63) is 71.3 Å². The van der Waals surface area contributed by atoms with Crippen LogP contribution in [0.1, 0.15) is 22.0 Å². The first-order valence-electron chi connectivity index (χ1n) is 6.03. The fourth-order valence-electron chi connectivity index (χ4n) is 1.83. The molecule has 1 amide bonds. The fourth-order valence-corrected chi connectivity index (χ4v) is 1.83. The summed E-state index contributed by atoms with van der Waals surface area (Å²) in [5.41, 5.74) is 0.437. The van der Waals surface area contributed by atoms with Crippen molar-refractivity contribution in [2.24, 2.45) is 0 Å². The molecule has 5 heteroatoms. The third kappa shape index (κ3) is 3.19. The maximum atomic E-state index is 13.5. The second kappa shape index (κ2) is 6.25. The summed E-state index contributed by atoms with van der Waals surface area (Å²) in [4.78, 5) is 11.9. The van der Waals surface area contributed by atoms with Crippen LogP contribution in [-0.4, -0.2) is 17.6 Å². The zero-order valence-corrected chi connectivity index (χ0v) is 10.5.